The van der Waals surface area contributed by atoms with Gasteiger partial charge in [-0.1, -0.05) is 241 Å². The number of rotatable bonds is 48. The van der Waals surface area contributed by atoms with Gasteiger partial charge in [0.25, 0.3) is 0 Å². The Balaban J connectivity index is 2.02. The standard InChI is InChI=1S/C60H107NO8/c1-3-5-7-9-11-13-14-15-16-17-18-19-20-21-22-23-24-25-26-27-28-29-30-31-32-33-34-35-36-37-38-39-40-42-44-46-48-50-56(64)61-53(54(63)49-47-45-43-41-12-10-8-6-4-2)52-68-60-59(67)58(66)57(65)55(51-62)69-60/h5,7,11-13,15-16,18-19,41,47,49,53-55,57-60,62-63,65-67H,3-4,6,8-10,14,17,20-40,42-46,48,50-52H2,1-2H3,(H,61,64)/b7-5-,13-11-,16-15-,19-18-,41-12+,49-47+. The largest absolute Gasteiger partial charge is 0.394 e. The molecule has 0 aromatic rings. The molecule has 1 saturated heterocycles. The van der Waals surface area contributed by atoms with E-state index < -0.39 is 49.5 Å². The van der Waals surface area contributed by atoms with Gasteiger partial charge in [-0.3, -0.25) is 4.79 Å². The summed E-state index contributed by atoms with van der Waals surface area (Å²) in [4.78, 5) is 13.0. The van der Waals surface area contributed by atoms with E-state index >= 15 is 0 Å². The van der Waals surface area contributed by atoms with Crippen molar-refractivity contribution in [3.05, 3.63) is 72.9 Å². The summed E-state index contributed by atoms with van der Waals surface area (Å²) in [6, 6.07) is -0.820. The van der Waals surface area contributed by atoms with Crippen LogP contribution in [-0.2, 0) is 14.3 Å². The van der Waals surface area contributed by atoms with E-state index in [9.17, 15) is 30.3 Å². The zero-order chi connectivity index (χ0) is 50.1. The van der Waals surface area contributed by atoms with Crippen LogP contribution in [-0.4, -0.2) is 87.5 Å². The average molecular weight is 971 g/mol. The maximum absolute atomic E-state index is 13.0. The fraction of sp³-hybridized carbons (Fsp3) is 0.783. The molecule has 0 saturated carbocycles. The molecular weight excluding hydrogens is 863 g/mol. The number of carbonyl (C=O) groups excluding carboxylic acids is 1. The minimum atomic E-state index is -1.57. The van der Waals surface area contributed by atoms with Crippen LogP contribution in [0.3, 0.4) is 0 Å². The number of hydrogen-bond acceptors (Lipinski definition) is 8. The van der Waals surface area contributed by atoms with Crippen molar-refractivity contribution < 1.29 is 39.8 Å². The van der Waals surface area contributed by atoms with Gasteiger partial charge in [0.15, 0.2) is 6.29 Å². The SMILES string of the molecule is CC/C=C\C/C=C\C/C=C\C/C=C\CCCCCCCCCCCCCCCCCCCCCCCCCCC(=O)NC(COC1OC(CO)C(O)C(O)C1O)C(O)/C=C/CC/C=C/CCCCC. The average Bonchev–Trinajstić information content (AvgIpc) is 3.35. The molecule has 400 valence electrons. The quantitative estimate of drug-likeness (QED) is 0.0261. The predicted octanol–water partition coefficient (Wildman–Crippen LogP) is 14.1. The second kappa shape index (κ2) is 49.2. The molecule has 9 nitrogen and oxygen atoms in total. The van der Waals surface area contributed by atoms with Crippen LogP contribution in [0.15, 0.2) is 72.9 Å². The molecule has 7 unspecified atom stereocenters. The highest BCUT2D eigenvalue weighted by Gasteiger charge is 2.44. The molecule has 1 aliphatic rings. The fourth-order valence-electron chi connectivity index (χ4n) is 8.75. The summed E-state index contributed by atoms with van der Waals surface area (Å²) in [5, 5.41) is 54.1. The third kappa shape index (κ3) is 38.9. The molecule has 0 bridgehead atoms. The smallest absolute Gasteiger partial charge is 0.220 e. The minimum Gasteiger partial charge on any atom is -0.394 e. The highest BCUT2D eigenvalue weighted by Crippen LogP contribution is 2.23. The molecule has 1 rings (SSSR count). The lowest BCUT2D eigenvalue weighted by molar-refractivity contribution is -0.302. The van der Waals surface area contributed by atoms with Crippen molar-refractivity contribution in [2.45, 2.75) is 288 Å². The molecule has 0 aromatic heterocycles. The van der Waals surface area contributed by atoms with Crippen LogP contribution in [0.5, 0.6) is 0 Å². The van der Waals surface area contributed by atoms with Gasteiger partial charge in [0.05, 0.1) is 25.4 Å². The maximum Gasteiger partial charge on any atom is 0.220 e. The van der Waals surface area contributed by atoms with Crippen LogP contribution in [0.25, 0.3) is 0 Å². The third-order valence-corrected chi connectivity index (χ3v) is 13.3. The summed E-state index contributed by atoms with van der Waals surface area (Å²) >= 11 is 0. The van der Waals surface area contributed by atoms with Gasteiger partial charge in [0.2, 0.25) is 5.91 Å². The Labute approximate surface area is 423 Å². The van der Waals surface area contributed by atoms with E-state index in [1.165, 1.54) is 161 Å². The van der Waals surface area contributed by atoms with E-state index in [4.69, 9.17) is 9.47 Å². The lowest BCUT2D eigenvalue weighted by Gasteiger charge is -2.40. The first kappa shape index (κ1) is 64.6. The first-order valence-corrected chi connectivity index (χ1v) is 28.7. The summed E-state index contributed by atoms with van der Waals surface area (Å²) in [7, 11) is 0. The number of aliphatic hydroxyl groups excluding tert-OH is 5. The molecule has 0 aromatic carbocycles. The minimum absolute atomic E-state index is 0.188. The Hall–Kier alpha value is -2.37. The summed E-state index contributed by atoms with van der Waals surface area (Å²) in [5.41, 5.74) is 0. The number of hydrogen-bond donors (Lipinski definition) is 6. The topological polar surface area (TPSA) is 149 Å². The molecule has 7 atom stereocenters. The van der Waals surface area contributed by atoms with Gasteiger partial charge in [-0.05, 0) is 70.6 Å². The van der Waals surface area contributed by atoms with Crippen molar-refractivity contribution in [3.8, 4) is 0 Å². The molecule has 0 spiro atoms. The number of nitrogens with one attached hydrogen (secondary N) is 1. The van der Waals surface area contributed by atoms with Crippen molar-refractivity contribution in [2.75, 3.05) is 13.2 Å². The summed E-state index contributed by atoms with van der Waals surface area (Å²) in [6.45, 7) is 3.59. The number of ether oxygens (including phenoxy) is 2. The lowest BCUT2D eigenvalue weighted by atomic mass is 9.99. The summed E-state index contributed by atoms with van der Waals surface area (Å²) < 4.78 is 11.2. The summed E-state index contributed by atoms with van der Waals surface area (Å²) in [5.74, 6) is -0.188. The van der Waals surface area contributed by atoms with E-state index in [1.54, 1.807) is 6.08 Å². The molecular formula is C60H107NO8. The van der Waals surface area contributed by atoms with Crippen LogP contribution in [0.1, 0.15) is 245 Å². The highest BCUT2D eigenvalue weighted by molar-refractivity contribution is 5.76. The van der Waals surface area contributed by atoms with Crippen molar-refractivity contribution >= 4 is 5.91 Å². The summed E-state index contributed by atoms with van der Waals surface area (Å²) in [6.07, 6.45) is 61.6. The van der Waals surface area contributed by atoms with Crippen molar-refractivity contribution in [1.29, 1.82) is 0 Å². The van der Waals surface area contributed by atoms with Gasteiger partial charge >= 0.3 is 0 Å². The van der Waals surface area contributed by atoms with Crippen molar-refractivity contribution in [1.82, 2.24) is 5.32 Å². The van der Waals surface area contributed by atoms with E-state index in [0.717, 1.165) is 64.2 Å². The van der Waals surface area contributed by atoms with Crippen LogP contribution in [0, 0.1) is 0 Å². The van der Waals surface area contributed by atoms with Gasteiger partial charge in [0.1, 0.15) is 24.4 Å². The van der Waals surface area contributed by atoms with Crippen LogP contribution in [0.4, 0.5) is 0 Å². The normalized spacial score (nSPS) is 20.0. The van der Waals surface area contributed by atoms with Crippen LogP contribution in [0.2, 0.25) is 0 Å². The molecule has 9 heteroatoms. The zero-order valence-electron chi connectivity index (χ0n) is 44.3. The Morgan fingerprint density at radius 2 is 0.913 bits per heavy atom. The lowest BCUT2D eigenvalue weighted by Crippen LogP contribution is -2.60. The molecule has 0 aliphatic carbocycles. The number of allylic oxidation sites excluding steroid dienone is 11. The molecule has 1 amide bonds. The molecule has 1 fully saturated rings. The number of aliphatic hydroxyl groups is 5. The maximum atomic E-state index is 13.0. The zero-order valence-corrected chi connectivity index (χ0v) is 44.3. The number of unbranched alkanes of at least 4 members (excludes halogenated alkanes) is 28. The van der Waals surface area contributed by atoms with Gasteiger partial charge in [-0.15, -0.1) is 0 Å². The molecule has 1 aliphatic heterocycles. The Kier molecular flexibility index (Phi) is 46.1. The van der Waals surface area contributed by atoms with Crippen molar-refractivity contribution in [2.24, 2.45) is 0 Å². The third-order valence-electron chi connectivity index (χ3n) is 13.3. The monoisotopic (exact) mass is 970 g/mol. The van der Waals surface area contributed by atoms with E-state index in [2.05, 4.69) is 79.9 Å². The molecule has 1 heterocycles. The Bertz CT molecular complexity index is 1310. The van der Waals surface area contributed by atoms with Crippen LogP contribution < -0.4 is 5.32 Å². The van der Waals surface area contributed by atoms with Gasteiger partial charge < -0.3 is 40.3 Å². The van der Waals surface area contributed by atoms with E-state index in [1.807, 2.05) is 6.08 Å². The Morgan fingerprint density at radius 1 is 0.507 bits per heavy atom. The van der Waals surface area contributed by atoms with Gasteiger partial charge in [0, 0.05) is 6.42 Å². The highest BCUT2D eigenvalue weighted by atomic mass is 16.7. The molecule has 0 radical (unpaired) electrons. The number of carbonyl (C=O) groups is 1. The van der Waals surface area contributed by atoms with Gasteiger partial charge in [-0.2, -0.15) is 0 Å². The van der Waals surface area contributed by atoms with Crippen molar-refractivity contribution in [3.63, 3.8) is 0 Å². The second-order valence-electron chi connectivity index (χ2n) is 19.7. The fourth-order valence-corrected chi connectivity index (χ4v) is 8.75. The predicted molar refractivity (Wildman–Crippen MR) is 290 cm³/mol. The first-order chi connectivity index (χ1) is 33.8. The molecule has 69 heavy (non-hydrogen) atoms. The second-order valence-corrected chi connectivity index (χ2v) is 19.7. The number of amides is 1. The molecule has 6 N–H and O–H groups in total. The van der Waals surface area contributed by atoms with E-state index in [0.29, 0.717) is 6.42 Å². The first-order valence-electron chi connectivity index (χ1n) is 28.7. The van der Waals surface area contributed by atoms with Crippen LogP contribution >= 0.6 is 0 Å². The Morgan fingerprint density at radius 3 is 1.39 bits per heavy atom. The van der Waals surface area contributed by atoms with Gasteiger partial charge in [-0.25, -0.2) is 0 Å². The van der Waals surface area contributed by atoms with E-state index in [-0.39, 0.29) is 12.5 Å².